The number of carboxylic acids is 1. The maximum absolute atomic E-state index is 11.2. The Labute approximate surface area is 143 Å². The molecule has 0 aromatic heterocycles. The minimum Gasteiger partial charge on any atom is -0.549 e. The van der Waals surface area contributed by atoms with Crippen LogP contribution >= 0.6 is 11.8 Å². The van der Waals surface area contributed by atoms with Gasteiger partial charge in [0, 0.05) is 4.90 Å². The number of carbonyl (C=O) groups excluding carboxylic acids is 1. The van der Waals surface area contributed by atoms with E-state index in [9.17, 15) is 9.90 Å². The first kappa shape index (κ1) is 18.4. The number of benzene rings is 1. The third kappa shape index (κ3) is 3.59. The van der Waals surface area contributed by atoms with Gasteiger partial charge >= 0.3 is 7.12 Å². The van der Waals surface area contributed by atoms with E-state index in [1.165, 1.54) is 11.8 Å². The molecule has 0 spiro atoms. The van der Waals surface area contributed by atoms with Crippen molar-refractivity contribution in [3.63, 3.8) is 0 Å². The Bertz CT molecular complexity index is 609. The van der Waals surface area contributed by atoms with E-state index in [-0.39, 0.29) is 11.2 Å². The van der Waals surface area contributed by atoms with Gasteiger partial charge in [0.05, 0.1) is 21.9 Å². The Hall–Kier alpha value is -0.975. The second kappa shape index (κ2) is 5.83. The first-order valence-electron chi connectivity index (χ1n) is 7.72. The third-order valence-corrected chi connectivity index (χ3v) is 5.94. The topological polar surface area (TPSA) is 58.6 Å². The number of aryl methyl sites for hydroxylation is 1. The van der Waals surface area contributed by atoms with Crippen LogP contribution in [0.15, 0.2) is 23.1 Å². The number of hydrogen-bond acceptors (Lipinski definition) is 5. The number of hydrogen-bond donors (Lipinski definition) is 0. The number of rotatable bonds is 4. The zero-order valence-corrected chi connectivity index (χ0v) is 15.7. The lowest BCUT2D eigenvalue weighted by molar-refractivity contribution is -0.308. The van der Waals surface area contributed by atoms with E-state index in [1.54, 1.807) is 13.8 Å². The summed E-state index contributed by atoms with van der Waals surface area (Å²) in [6, 6.07) is 5.85. The molecule has 1 aliphatic heterocycles. The molecule has 0 bridgehead atoms. The highest BCUT2D eigenvalue weighted by molar-refractivity contribution is 8.01. The zero-order valence-electron chi connectivity index (χ0n) is 14.9. The average molecular weight is 335 g/mol. The number of thioether (sulfide) groups is 1. The van der Waals surface area contributed by atoms with Crippen molar-refractivity contribution in [1.29, 1.82) is 0 Å². The molecule has 23 heavy (non-hydrogen) atoms. The zero-order chi connectivity index (χ0) is 17.6. The lowest BCUT2D eigenvalue weighted by atomic mass is 9.78. The van der Waals surface area contributed by atoms with Gasteiger partial charge in [-0.15, -0.1) is 11.8 Å². The van der Waals surface area contributed by atoms with Crippen LogP contribution < -0.4 is 10.6 Å². The lowest BCUT2D eigenvalue weighted by Gasteiger charge is -2.32. The van der Waals surface area contributed by atoms with Crippen LogP contribution in [0.1, 0.15) is 47.1 Å². The highest BCUT2D eigenvalue weighted by Crippen LogP contribution is 2.37. The van der Waals surface area contributed by atoms with Crippen LogP contribution in [0.4, 0.5) is 0 Å². The predicted octanol–water partition coefficient (Wildman–Crippen LogP) is 1.91. The van der Waals surface area contributed by atoms with E-state index < -0.39 is 17.8 Å². The molecule has 4 nitrogen and oxygen atoms in total. The molecule has 6 heteroatoms. The fourth-order valence-corrected chi connectivity index (χ4v) is 3.22. The minimum atomic E-state index is -1.07. The second-order valence-corrected chi connectivity index (χ2v) is 9.18. The third-order valence-electron chi connectivity index (χ3n) is 4.58. The molecule has 1 heterocycles. The van der Waals surface area contributed by atoms with E-state index in [4.69, 9.17) is 9.31 Å². The monoisotopic (exact) mass is 335 g/mol. The van der Waals surface area contributed by atoms with Crippen LogP contribution in [0.25, 0.3) is 0 Å². The molecule has 0 amide bonds. The van der Waals surface area contributed by atoms with E-state index in [2.05, 4.69) is 0 Å². The molecule has 1 saturated heterocycles. The fourth-order valence-electron chi connectivity index (χ4n) is 2.23. The summed E-state index contributed by atoms with van der Waals surface area (Å²) in [6.45, 7) is 13.3. The van der Waals surface area contributed by atoms with E-state index in [1.807, 2.05) is 52.8 Å². The molecular weight excluding hydrogens is 311 g/mol. The summed E-state index contributed by atoms with van der Waals surface area (Å²) in [5.74, 6) is -1.07. The molecule has 1 aliphatic rings. The van der Waals surface area contributed by atoms with Crippen molar-refractivity contribution in [3.05, 3.63) is 23.8 Å². The molecule has 126 valence electrons. The van der Waals surface area contributed by atoms with Crippen molar-refractivity contribution in [2.45, 2.75) is 69.3 Å². The number of carbonyl (C=O) groups is 1. The van der Waals surface area contributed by atoms with E-state index >= 15 is 0 Å². The van der Waals surface area contributed by atoms with Gasteiger partial charge in [0.1, 0.15) is 0 Å². The van der Waals surface area contributed by atoms with Gasteiger partial charge < -0.3 is 19.2 Å². The molecular formula is C17H24BO4S-. The van der Waals surface area contributed by atoms with Gasteiger partial charge in [0.25, 0.3) is 0 Å². The Morgan fingerprint density at radius 2 is 1.70 bits per heavy atom. The van der Waals surface area contributed by atoms with Gasteiger partial charge in [0.15, 0.2) is 0 Å². The summed E-state index contributed by atoms with van der Waals surface area (Å²) in [5.41, 5.74) is 1.18. The Kier molecular flexibility index (Phi) is 4.66. The first-order valence-corrected chi connectivity index (χ1v) is 8.54. The van der Waals surface area contributed by atoms with Crippen molar-refractivity contribution in [3.8, 4) is 0 Å². The molecule has 0 unspecified atom stereocenters. The van der Waals surface area contributed by atoms with Crippen molar-refractivity contribution in [2.75, 3.05) is 0 Å². The molecule has 0 aliphatic carbocycles. The van der Waals surface area contributed by atoms with E-state index in [0.717, 1.165) is 15.9 Å². The number of carboxylic acid groups (broad SMARTS) is 1. The maximum Gasteiger partial charge on any atom is 0.494 e. The molecule has 0 atom stereocenters. The minimum absolute atomic E-state index is 0.379. The Balaban J connectivity index is 2.23. The molecule has 1 fully saturated rings. The summed E-state index contributed by atoms with van der Waals surface area (Å²) in [4.78, 5) is 12.1. The summed E-state index contributed by atoms with van der Waals surface area (Å²) >= 11 is 1.29. The van der Waals surface area contributed by atoms with Crippen molar-refractivity contribution in [2.24, 2.45) is 0 Å². The van der Waals surface area contributed by atoms with Crippen molar-refractivity contribution >= 4 is 30.3 Å². The Morgan fingerprint density at radius 1 is 1.17 bits per heavy atom. The van der Waals surface area contributed by atoms with Crippen molar-refractivity contribution < 1.29 is 19.2 Å². The van der Waals surface area contributed by atoms with Gasteiger partial charge in [-0.05, 0) is 65.6 Å². The predicted molar refractivity (Wildman–Crippen MR) is 91.8 cm³/mol. The normalized spacial score (nSPS) is 19.9. The standard InChI is InChI=1S/C17H25BO4S/c1-11-10-12(18-21-16(4,5)17(6,7)22-18)8-9-13(11)23-15(2,3)14(19)20/h8-10H,1-7H3,(H,19,20)/p-1. The first-order chi connectivity index (χ1) is 10.4. The average Bonchev–Trinajstić information content (AvgIpc) is 2.60. The molecule has 1 aromatic carbocycles. The summed E-state index contributed by atoms with van der Waals surface area (Å²) in [6.07, 6.45) is 0. The van der Waals surface area contributed by atoms with Gasteiger partial charge in [-0.1, -0.05) is 12.1 Å². The lowest BCUT2D eigenvalue weighted by Crippen LogP contribution is -2.41. The van der Waals surface area contributed by atoms with Crippen LogP contribution in [0, 0.1) is 6.92 Å². The fraction of sp³-hybridized carbons (Fsp3) is 0.588. The van der Waals surface area contributed by atoms with Crippen molar-refractivity contribution in [1.82, 2.24) is 0 Å². The van der Waals surface area contributed by atoms with Gasteiger partial charge in [-0.3, -0.25) is 0 Å². The highest BCUT2D eigenvalue weighted by Gasteiger charge is 2.51. The quantitative estimate of drug-likeness (QED) is 0.621. The smallest absolute Gasteiger partial charge is 0.494 e. The highest BCUT2D eigenvalue weighted by atomic mass is 32.2. The van der Waals surface area contributed by atoms with Crippen LogP contribution in [-0.2, 0) is 14.1 Å². The van der Waals surface area contributed by atoms with Crippen LogP contribution in [0.2, 0.25) is 0 Å². The van der Waals surface area contributed by atoms with E-state index in [0.29, 0.717) is 0 Å². The summed E-state index contributed by atoms with van der Waals surface area (Å²) in [7, 11) is -0.410. The van der Waals surface area contributed by atoms with Gasteiger partial charge in [-0.25, -0.2) is 0 Å². The Morgan fingerprint density at radius 3 is 2.13 bits per heavy atom. The van der Waals surface area contributed by atoms with Gasteiger partial charge in [-0.2, -0.15) is 0 Å². The maximum atomic E-state index is 11.2. The molecule has 2 rings (SSSR count). The van der Waals surface area contributed by atoms with Crippen LogP contribution in [-0.4, -0.2) is 29.0 Å². The molecule has 1 aromatic rings. The summed E-state index contributed by atoms with van der Waals surface area (Å²) in [5, 5.41) is 11.2. The number of aliphatic carboxylic acids is 1. The van der Waals surface area contributed by atoms with Crippen LogP contribution in [0.3, 0.4) is 0 Å². The van der Waals surface area contributed by atoms with Gasteiger partial charge in [0.2, 0.25) is 0 Å². The largest absolute Gasteiger partial charge is 0.549 e. The molecule has 0 N–H and O–H groups in total. The van der Waals surface area contributed by atoms with Crippen LogP contribution in [0.5, 0.6) is 0 Å². The molecule has 0 saturated carbocycles. The summed E-state index contributed by atoms with van der Waals surface area (Å²) < 4.78 is 11.1. The second-order valence-electron chi connectivity index (χ2n) is 7.51. The SMILES string of the molecule is Cc1cc(B2OC(C)(C)C(C)(C)O2)ccc1SC(C)(C)C(=O)[O-]. The molecule has 0 radical (unpaired) electrons.